The summed E-state index contributed by atoms with van der Waals surface area (Å²) >= 11 is 0. The molecule has 0 unspecified atom stereocenters. The molecule has 0 saturated heterocycles. The fourth-order valence-corrected chi connectivity index (χ4v) is 4.61. The van der Waals surface area contributed by atoms with Gasteiger partial charge in [0.1, 0.15) is 24.4 Å². The van der Waals surface area contributed by atoms with Crippen LogP contribution in [0.25, 0.3) is 0 Å². The Labute approximate surface area is 231 Å². The predicted molar refractivity (Wildman–Crippen MR) is 153 cm³/mol. The summed E-state index contributed by atoms with van der Waals surface area (Å²) in [6.45, 7) is 2.30. The molecule has 0 radical (unpaired) electrons. The summed E-state index contributed by atoms with van der Waals surface area (Å²) in [4.78, 5) is 4.87. The van der Waals surface area contributed by atoms with Gasteiger partial charge in [-0.2, -0.15) is 0 Å². The van der Waals surface area contributed by atoms with E-state index in [0.29, 0.717) is 33.0 Å². The molecule has 39 heavy (non-hydrogen) atoms. The second kappa shape index (κ2) is 14.5. The maximum atomic E-state index is 6.57. The zero-order valence-electron chi connectivity index (χ0n) is 22.0. The van der Waals surface area contributed by atoms with E-state index in [1.54, 1.807) is 0 Å². The second-order valence-corrected chi connectivity index (χ2v) is 9.65. The summed E-state index contributed by atoms with van der Waals surface area (Å²) < 4.78 is 25.6. The van der Waals surface area contributed by atoms with Crippen LogP contribution in [0.1, 0.15) is 22.3 Å². The Kier molecular flexibility index (Phi) is 10.0. The number of hydrogen-bond donors (Lipinski definition) is 0. The van der Waals surface area contributed by atoms with E-state index in [9.17, 15) is 0 Å². The van der Waals surface area contributed by atoms with Crippen LogP contribution in [-0.2, 0) is 45.4 Å². The zero-order valence-corrected chi connectivity index (χ0v) is 22.0. The van der Waals surface area contributed by atoms with E-state index in [0.717, 1.165) is 22.3 Å². The van der Waals surface area contributed by atoms with Gasteiger partial charge in [0.2, 0.25) is 0 Å². The molecule has 5 rings (SSSR count). The highest BCUT2D eigenvalue weighted by molar-refractivity contribution is 5.66. The molecule has 0 aromatic heterocycles. The van der Waals surface area contributed by atoms with Gasteiger partial charge in [-0.25, -0.2) is 0 Å². The number of rotatable bonds is 13. The van der Waals surface area contributed by atoms with Crippen LogP contribution in [0.2, 0.25) is 0 Å². The maximum absolute atomic E-state index is 6.57. The molecular weight excluding hydrogens is 486 g/mol. The molecule has 0 amide bonds. The van der Waals surface area contributed by atoms with E-state index in [1.165, 1.54) is 0 Å². The van der Waals surface area contributed by atoms with Crippen LogP contribution < -0.4 is 0 Å². The van der Waals surface area contributed by atoms with E-state index in [1.807, 2.05) is 79.0 Å². The average Bonchev–Trinajstić information content (AvgIpc) is 3.00. The van der Waals surface area contributed by atoms with Gasteiger partial charge in [-0.1, -0.05) is 121 Å². The Morgan fingerprint density at radius 3 is 1.36 bits per heavy atom. The van der Waals surface area contributed by atoms with Crippen molar-refractivity contribution >= 4 is 6.21 Å². The third-order valence-electron chi connectivity index (χ3n) is 6.71. The van der Waals surface area contributed by atoms with Gasteiger partial charge in [0.15, 0.2) is 0 Å². The molecule has 0 saturated carbocycles. The lowest BCUT2D eigenvalue weighted by Crippen LogP contribution is -2.53. The highest BCUT2D eigenvalue weighted by Gasteiger charge is 2.40. The third kappa shape index (κ3) is 8.19. The molecule has 1 heterocycles. The SMILES string of the molecule is C1=N[C@H](COCc2ccccc2)[C@H](OCc2ccccc2)[C@H](OCc2ccccc2)[C@H]1OCc1ccccc1. The number of hydrogen-bond acceptors (Lipinski definition) is 5. The molecule has 200 valence electrons. The van der Waals surface area contributed by atoms with Gasteiger partial charge in [0.25, 0.3) is 0 Å². The van der Waals surface area contributed by atoms with Crippen LogP contribution in [-0.4, -0.2) is 37.2 Å². The van der Waals surface area contributed by atoms with Crippen LogP contribution in [0.3, 0.4) is 0 Å². The van der Waals surface area contributed by atoms with E-state index < -0.39 is 0 Å². The summed E-state index contributed by atoms with van der Waals surface area (Å²) in [5, 5.41) is 0. The minimum atomic E-state index is -0.361. The number of nitrogens with zero attached hydrogens (tertiary/aromatic N) is 1. The van der Waals surface area contributed by atoms with Crippen LogP contribution >= 0.6 is 0 Å². The summed E-state index contributed by atoms with van der Waals surface area (Å²) in [6, 6.07) is 40.5. The maximum Gasteiger partial charge on any atom is 0.121 e. The predicted octanol–water partition coefficient (Wildman–Crippen LogP) is 6.41. The van der Waals surface area contributed by atoms with Crippen LogP contribution in [0.15, 0.2) is 126 Å². The van der Waals surface area contributed by atoms with Crippen molar-refractivity contribution in [3.8, 4) is 0 Å². The molecule has 5 heteroatoms. The van der Waals surface area contributed by atoms with Crippen molar-refractivity contribution in [3.63, 3.8) is 0 Å². The van der Waals surface area contributed by atoms with Crippen LogP contribution in [0, 0.1) is 0 Å². The summed E-state index contributed by atoms with van der Waals surface area (Å²) in [5.74, 6) is 0. The number of aliphatic imine (C=N–C) groups is 1. The summed E-state index contributed by atoms with van der Waals surface area (Å²) in [6.07, 6.45) is 0.799. The standard InChI is InChI=1S/C34H35NO4/c1-5-13-27(14-6-1)22-36-26-31-33(38-24-29-17-9-3-10-18-29)34(39-25-30-19-11-4-12-20-30)32(21-35-31)37-23-28-15-7-2-8-16-28/h1-21,31-34H,22-26H2/t31-,32+,33+,34-/m1/s1. The Hall–Kier alpha value is -3.61. The molecule has 0 fully saturated rings. The minimum Gasteiger partial charge on any atom is -0.374 e. The topological polar surface area (TPSA) is 49.3 Å². The Balaban J connectivity index is 1.34. The lowest BCUT2D eigenvalue weighted by molar-refractivity contribution is -0.149. The van der Waals surface area contributed by atoms with Crippen molar-refractivity contribution in [2.24, 2.45) is 4.99 Å². The van der Waals surface area contributed by atoms with Gasteiger partial charge < -0.3 is 18.9 Å². The summed E-state index contributed by atoms with van der Waals surface area (Å²) in [7, 11) is 0. The lowest BCUT2D eigenvalue weighted by Gasteiger charge is -2.38. The van der Waals surface area contributed by atoms with Gasteiger partial charge in [-0.15, -0.1) is 0 Å². The third-order valence-corrected chi connectivity index (χ3v) is 6.71. The Bertz CT molecular complexity index is 1250. The molecule has 5 nitrogen and oxygen atoms in total. The monoisotopic (exact) mass is 521 g/mol. The molecule has 0 bridgehead atoms. The second-order valence-electron chi connectivity index (χ2n) is 9.65. The molecule has 4 atom stereocenters. The van der Waals surface area contributed by atoms with Crippen molar-refractivity contribution in [1.29, 1.82) is 0 Å². The average molecular weight is 522 g/mol. The molecule has 0 spiro atoms. The van der Waals surface area contributed by atoms with Crippen molar-refractivity contribution in [2.45, 2.75) is 50.8 Å². The van der Waals surface area contributed by atoms with E-state index in [4.69, 9.17) is 23.9 Å². The van der Waals surface area contributed by atoms with E-state index >= 15 is 0 Å². The number of ether oxygens (including phenoxy) is 4. The molecule has 0 aliphatic carbocycles. The smallest absolute Gasteiger partial charge is 0.121 e. The van der Waals surface area contributed by atoms with Crippen molar-refractivity contribution < 1.29 is 18.9 Å². The van der Waals surface area contributed by atoms with Gasteiger partial charge in [0, 0.05) is 6.21 Å². The van der Waals surface area contributed by atoms with Crippen molar-refractivity contribution in [3.05, 3.63) is 144 Å². The highest BCUT2D eigenvalue weighted by Crippen LogP contribution is 2.25. The van der Waals surface area contributed by atoms with Crippen molar-refractivity contribution in [1.82, 2.24) is 0 Å². The minimum absolute atomic E-state index is 0.227. The number of benzene rings is 4. The van der Waals surface area contributed by atoms with Gasteiger partial charge in [-0.05, 0) is 22.3 Å². The first-order valence-corrected chi connectivity index (χ1v) is 13.5. The molecular formula is C34H35NO4. The van der Waals surface area contributed by atoms with Gasteiger partial charge in [-0.3, -0.25) is 4.99 Å². The van der Waals surface area contributed by atoms with E-state index in [-0.39, 0.29) is 24.4 Å². The molecule has 4 aromatic rings. The van der Waals surface area contributed by atoms with Crippen LogP contribution in [0.4, 0.5) is 0 Å². The molecule has 4 aromatic carbocycles. The normalized spacial score (nSPS) is 20.6. The first kappa shape index (κ1) is 27.0. The van der Waals surface area contributed by atoms with Crippen LogP contribution in [0.5, 0.6) is 0 Å². The molecule has 1 aliphatic rings. The Morgan fingerprint density at radius 1 is 0.462 bits per heavy atom. The quantitative estimate of drug-likeness (QED) is 0.204. The Morgan fingerprint density at radius 2 is 0.872 bits per heavy atom. The first-order chi connectivity index (χ1) is 19.3. The fraction of sp³-hybridized carbons (Fsp3) is 0.265. The first-order valence-electron chi connectivity index (χ1n) is 13.5. The fourth-order valence-electron chi connectivity index (χ4n) is 4.61. The molecule has 0 N–H and O–H groups in total. The van der Waals surface area contributed by atoms with E-state index in [2.05, 4.69) is 48.5 Å². The van der Waals surface area contributed by atoms with Gasteiger partial charge >= 0.3 is 0 Å². The molecule has 1 aliphatic heterocycles. The van der Waals surface area contributed by atoms with Crippen molar-refractivity contribution in [2.75, 3.05) is 6.61 Å². The lowest BCUT2D eigenvalue weighted by atomic mass is 9.97. The summed E-state index contributed by atoms with van der Waals surface area (Å²) in [5.41, 5.74) is 4.42. The highest BCUT2D eigenvalue weighted by atomic mass is 16.6. The largest absolute Gasteiger partial charge is 0.374 e. The zero-order chi connectivity index (χ0) is 26.5. The van der Waals surface area contributed by atoms with Gasteiger partial charge in [0.05, 0.1) is 33.0 Å².